The molecule has 2 rings (SSSR count). The summed E-state index contributed by atoms with van der Waals surface area (Å²) in [4.78, 5) is 24.5. The quantitative estimate of drug-likeness (QED) is 0.738. The second-order valence-electron chi connectivity index (χ2n) is 5.13. The molecular formula is C14H18N4O4S2. The Labute approximate surface area is 143 Å². The van der Waals surface area contributed by atoms with Gasteiger partial charge in [-0.15, -0.1) is 11.3 Å². The van der Waals surface area contributed by atoms with Gasteiger partial charge in [0.1, 0.15) is 5.69 Å². The Bertz CT molecular complexity index is 859. The standard InChI is InChI=1S/C14H18N4O4S2/c1-17(24(2,21)22)10-13(19)15-7-8-18-14(20)6-5-11(16-18)12-4-3-9-23-12/h3-6,9H,7-8,10H2,1-2H3,(H,15,19). The molecule has 0 radical (unpaired) electrons. The minimum absolute atomic E-state index is 0.178. The first-order chi connectivity index (χ1) is 11.3. The predicted octanol–water partition coefficient (Wildman–Crippen LogP) is -0.0206. The second-order valence-corrected chi connectivity index (χ2v) is 8.16. The summed E-state index contributed by atoms with van der Waals surface area (Å²) in [5.74, 6) is -0.439. The SMILES string of the molecule is CN(CC(=O)NCCn1nc(-c2cccs2)ccc1=O)S(C)(=O)=O. The van der Waals surface area contributed by atoms with Crippen molar-refractivity contribution in [1.29, 1.82) is 0 Å². The van der Waals surface area contributed by atoms with Crippen LogP contribution in [-0.2, 0) is 21.4 Å². The van der Waals surface area contributed by atoms with Crippen molar-refractivity contribution in [3.8, 4) is 10.6 Å². The number of hydrogen-bond acceptors (Lipinski definition) is 6. The molecule has 2 heterocycles. The van der Waals surface area contributed by atoms with Gasteiger partial charge in [-0.05, 0) is 17.5 Å². The van der Waals surface area contributed by atoms with E-state index in [4.69, 9.17) is 0 Å². The molecule has 0 unspecified atom stereocenters. The third-order valence-corrected chi connectivity index (χ3v) is 5.37. The Morgan fingerprint density at radius 1 is 1.38 bits per heavy atom. The Morgan fingerprint density at radius 3 is 2.75 bits per heavy atom. The summed E-state index contributed by atoms with van der Waals surface area (Å²) in [5.41, 5.74) is 0.422. The second kappa shape index (κ2) is 7.69. The van der Waals surface area contributed by atoms with Crippen LogP contribution in [0.3, 0.4) is 0 Å². The third-order valence-electron chi connectivity index (χ3n) is 3.22. The van der Waals surface area contributed by atoms with E-state index in [1.54, 1.807) is 6.07 Å². The Morgan fingerprint density at radius 2 is 2.12 bits per heavy atom. The maximum absolute atomic E-state index is 11.8. The largest absolute Gasteiger partial charge is 0.353 e. The summed E-state index contributed by atoms with van der Waals surface area (Å²) in [6.45, 7) is 0.111. The minimum Gasteiger partial charge on any atom is -0.353 e. The van der Waals surface area contributed by atoms with Crippen molar-refractivity contribution < 1.29 is 13.2 Å². The first-order valence-electron chi connectivity index (χ1n) is 7.07. The van der Waals surface area contributed by atoms with Crippen molar-refractivity contribution in [1.82, 2.24) is 19.4 Å². The number of carbonyl (C=O) groups excluding carboxylic acids is 1. The van der Waals surface area contributed by atoms with E-state index >= 15 is 0 Å². The number of sulfonamides is 1. The van der Waals surface area contributed by atoms with Crippen LogP contribution in [0.2, 0.25) is 0 Å². The van der Waals surface area contributed by atoms with Gasteiger partial charge in [-0.1, -0.05) is 6.07 Å². The molecule has 0 bridgehead atoms. The highest BCUT2D eigenvalue weighted by molar-refractivity contribution is 7.88. The molecule has 8 nitrogen and oxygen atoms in total. The smallest absolute Gasteiger partial charge is 0.266 e. The lowest BCUT2D eigenvalue weighted by atomic mass is 10.3. The van der Waals surface area contributed by atoms with Gasteiger partial charge in [0.2, 0.25) is 15.9 Å². The maximum Gasteiger partial charge on any atom is 0.266 e. The van der Waals surface area contributed by atoms with Crippen LogP contribution < -0.4 is 10.9 Å². The predicted molar refractivity (Wildman–Crippen MR) is 92.3 cm³/mol. The fourth-order valence-electron chi connectivity index (χ4n) is 1.84. The van der Waals surface area contributed by atoms with Crippen molar-refractivity contribution >= 4 is 27.3 Å². The Hall–Kier alpha value is -2.04. The number of nitrogens with zero attached hydrogens (tertiary/aromatic N) is 3. The molecule has 10 heteroatoms. The first-order valence-corrected chi connectivity index (χ1v) is 9.80. The van der Waals surface area contributed by atoms with Crippen LogP contribution in [0.25, 0.3) is 10.6 Å². The van der Waals surface area contributed by atoms with Crippen LogP contribution in [0.5, 0.6) is 0 Å². The number of rotatable bonds is 7. The van der Waals surface area contributed by atoms with E-state index < -0.39 is 15.9 Å². The zero-order valence-corrected chi connectivity index (χ0v) is 14.9. The topological polar surface area (TPSA) is 101 Å². The number of likely N-dealkylation sites (N-methyl/N-ethyl adjacent to an activating group) is 1. The van der Waals surface area contributed by atoms with E-state index in [0.717, 1.165) is 15.4 Å². The summed E-state index contributed by atoms with van der Waals surface area (Å²) < 4.78 is 24.7. The van der Waals surface area contributed by atoms with Gasteiger partial charge in [0, 0.05) is 19.7 Å². The highest BCUT2D eigenvalue weighted by Crippen LogP contribution is 2.20. The van der Waals surface area contributed by atoms with E-state index in [1.807, 2.05) is 17.5 Å². The molecule has 2 aromatic heterocycles. The fourth-order valence-corrected chi connectivity index (χ4v) is 2.88. The highest BCUT2D eigenvalue weighted by atomic mass is 32.2. The van der Waals surface area contributed by atoms with E-state index in [-0.39, 0.29) is 25.2 Å². The van der Waals surface area contributed by atoms with Crippen LogP contribution in [0.4, 0.5) is 0 Å². The van der Waals surface area contributed by atoms with Gasteiger partial charge in [-0.25, -0.2) is 13.1 Å². The van der Waals surface area contributed by atoms with Crippen LogP contribution in [-0.4, -0.2) is 54.8 Å². The molecule has 0 saturated heterocycles. The lowest BCUT2D eigenvalue weighted by Gasteiger charge is -2.13. The molecule has 0 aliphatic rings. The van der Waals surface area contributed by atoms with Gasteiger partial charge in [0.05, 0.1) is 24.2 Å². The molecule has 0 aromatic carbocycles. The van der Waals surface area contributed by atoms with Gasteiger partial charge in [-0.2, -0.15) is 9.40 Å². The van der Waals surface area contributed by atoms with Crippen LogP contribution in [0.15, 0.2) is 34.4 Å². The van der Waals surface area contributed by atoms with Crippen molar-refractivity contribution in [3.63, 3.8) is 0 Å². The van der Waals surface area contributed by atoms with Gasteiger partial charge in [0.15, 0.2) is 0 Å². The Kier molecular flexibility index (Phi) is 5.86. The molecule has 1 N–H and O–H groups in total. The van der Waals surface area contributed by atoms with Gasteiger partial charge in [0.25, 0.3) is 5.56 Å². The first kappa shape index (κ1) is 18.3. The highest BCUT2D eigenvalue weighted by Gasteiger charge is 2.14. The summed E-state index contributed by atoms with van der Waals surface area (Å²) in [6.07, 6.45) is 1.03. The van der Waals surface area contributed by atoms with Crippen LogP contribution >= 0.6 is 11.3 Å². The molecule has 0 spiro atoms. The van der Waals surface area contributed by atoms with E-state index in [1.165, 1.54) is 29.1 Å². The monoisotopic (exact) mass is 370 g/mol. The summed E-state index contributed by atoms with van der Waals surface area (Å²) in [5, 5.41) is 8.76. The van der Waals surface area contributed by atoms with E-state index in [9.17, 15) is 18.0 Å². The molecule has 0 aliphatic carbocycles. The lowest BCUT2D eigenvalue weighted by molar-refractivity contribution is -0.121. The van der Waals surface area contributed by atoms with Crippen molar-refractivity contribution in [3.05, 3.63) is 40.0 Å². The van der Waals surface area contributed by atoms with Crippen molar-refractivity contribution in [2.75, 3.05) is 26.4 Å². The summed E-state index contributed by atoms with van der Waals surface area (Å²) >= 11 is 1.52. The van der Waals surface area contributed by atoms with Gasteiger partial charge >= 0.3 is 0 Å². The zero-order chi connectivity index (χ0) is 17.7. The lowest BCUT2D eigenvalue weighted by Crippen LogP contribution is -2.39. The molecule has 130 valence electrons. The molecule has 0 saturated carbocycles. The number of thiophene rings is 1. The van der Waals surface area contributed by atoms with Crippen LogP contribution in [0.1, 0.15) is 0 Å². The summed E-state index contributed by atoms with van der Waals surface area (Å²) in [6, 6.07) is 6.89. The average Bonchev–Trinajstić information content (AvgIpc) is 3.02. The normalized spacial score (nSPS) is 11.6. The van der Waals surface area contributed by atoms with Gasteiger partial charge in [-0.3, -0.25) is 9.59 Å². The van der Waals surface area contributed by atoms with Gasteiger partial charge < -0.3 is 5.32 Å². The average molecular weight is 370 g/mol. The molecule has 0 aliphatic heterocycles. The van der Waals surface area contributed by atoms with Crippen LogP contribution in [0, 0.1) is 0 Å². The maximum atomic E-state index is 11.8. The summed E-state index contributed by atoms with van der Waals surface area (Å²) in [7, 11) is -2.08. The number of carbonyl (C=O) groups is 1. The molecule has 0 atom stereocenters. The van der Waals surface area contributed by atoms with Crippen molar-refractivity contribution in [2.45, 2.75) is 6.54 Å². The molecule has 0 fully saturated rings. The number of nitrogens with one attached hydrogen (secondary N) is 1. The minimum atomic E-state index is -3.41. The molecule has 1 amide bonds. The Balaban J connectivity index is 1.94. The van der Waals surface area contributed by atoms with E-state index in [0.29, 0.717) is 5.69 Å². The number of aromatic nitrogens is 2. The molecule has 24 heavy (non-hydrogen) atoms. The number of hydrogen-bond donors (Lipinski definition) is 1. The van der Waals surface area contributed by atoms with E-state index in [2.05, 4.69) is 10.4 Å². The third kappa shape index (κ3) is 4.98. The zero-order valence-electron chi connectivity index (χ0n) is 13.3. The molecule has 2 aromatic rings. The van der Waals surface area contributed by atoms with Crippen molar-refractivity contribution in [2.24, 2.45) is 0 Å². The fraction of sp³-hybridized carbons (Fsp3) is 0.357. The molecular weight excluding hydrogens is 352 g/mol. The number of amides is 1.